The Balaban J connectivity index is 1.29. The molecule has 2 aromatic heterocycles. The Labute approximate surface area is 236 Å². The van der Waals surface area contributed by atoms with Gasteiger partial charge in [-0.05, 0) is 51.0 Å². The van der Waals surface area contributed by atoms with Gasteiger partial charge in [-0.1, -0.05) is 0 Å². The summed E-state index contributed by atoms with van der Waals surface area (Å²) in [5.74, 6) is -0.102. The molecule has 0 atom stereocenters. The van der Waals surface area contributed by atoms with E-state index in [1.807, 2.05) is 0 Å². The summed E-state index contributed by atoms with van der Waals surface area (Å²) in [5.41, 5.74) is -2.01. The Hall–Kier alpha value is -3.11. The van der Waals surface area contributed by atoms with Crippen molar-refractivity contribution >= 4 is 21.7 Å². The highest BCUT2D eigenvalue weighted by Gasteiger charge is 2.36. The third kappa shape index (κ3) is 7.04. The highest BCUT2D eigenvalue weighted by molar-refractivity contribution is 7.89. The molecule has 1 aromatic carbocycles. The van der Waals surface area contributed by atoms with E-state index in [1.165, 1.54) is 45.6 Å². The van der Waals surface area contributed by atoms with Gasteiger partial charge < -0.3 is 21.1 Å². The second-order valence-corrected chi connectivity index (χ2v) is 13.0. The zero-order valence-corrected chi connectivity index (χ0v) is 23.5. The average Bonchev–Trinajstić information content (AvgIpc) is 3.33. The number of sulfonamides is 1. The second-order valence-electron chi connectivity index (χ2n) is 11.0. The largest absolute Gasteiger partial charge is 0.419 e. The van der Waals surface area contributed by atoms with Crippen LogP contribution >= 0.6 is 0 Å². The topological polar surface area (TPSA) is 137 Å². The molecule has 11 nitrogen and oxygen atoms in total. The lowest BCUT2D eigenvalue weighted by Crippen LogP contribution is -2.59. The molecule has 3 aromatic rings. The Morgan fingerprint density at radius 3 is 2.34 bits per heavy atom. The van der Waals surface area contributed by atoms with E-state index < -0.39 is 27.4 Å². The van der Waals surface area contributed by atoms with E-state index in [0.29, 0.717) is 37.1 Å². The van der Waals surface area contributed by atoms with Gasteiger partial charge in [-0.2, -0.15) is 22.6 Å². The van der Waals surface area contributed by atoms with Crippen molar-refractivity contribution in [2.24, 2.45) is 0 Å². The van der Waals surface area contributed by atoms with Gasteiger partial charge in [-0.3, -0.25) is 4.68 Å². The number of hydrogen-bond acceptors (Lipinski definition) is 9. The number of halogens is 3. The van der Waals surface area contributed by atoms with Crippen LogP contribution in [0, 0.1) is 0 Å². The predicted octanol–water partition coefficient (Wildman–Crippen LogP) is 2.59. The summed E-state index contributed by atoms with van der Waals surface area (Å²) in [7, 11) is -3.69. The Kier molecular flexibility index (Phi) is 8.09. The zero-order valence-electron chi connectivity index (χ0n) is 22.7. The van der Waals surface area contributed by atoms with Crippen molar-refractivity contribution in [2.75, 3.05) is 31.5 Å². The van der Waals surface area contributed by atoms with Crippen LogP contribution in [-0.2, 0) is 22.7 Å². The van der Waals surface area contributed by atoms with E-state index in [9.17, 15) is 26.7 Å². The van der Waals surface area contributed by atoms with Crippen LogP contribution in [0.2, 0.25) is 0 Å². The smallest absolute Gasteiger partial charge is 0.389 e. The summed E-state index contributed by atoms with van der Waals surface area (Å²) in [4.78, 5) is 8.06. The lowest BCUT2D eigenvalue weighted by Gasteiger charge is -2.37. The molecule has 2 fully saturated rings. The molecular weight excluding hydrogens is 561 g/mol. The fourth-order valence-corrected chi connectivity index (χ4v) is 6.30. The number of piperidine rings is 1. The summed E-state index contributed by atoms with van der Waals surface area (Å²) < 4.78 is 70.4. The van der Waals surface area contributed by atoms with Crippen LogP contribution in [-0.4, -0.2) is 81.4 Å². The standard InChI is InChI=1S/C26H33F3N8O3S/c1-25(2,38)16-36-15-17(11-32-36)23-22(26(27,28)29)14-31-24(35-23)34-18-3-5-21(6-4-18)41(39,40)37-9-7-19(8-10-37)33-20-12-30-13-20/h3-6,11,14-15,19-20,30,33,38H,7-10,12-13,16H2,1-2H3,(H,31,34,35). The van der Waals surface area contributed by atoms with E-state index in [1.54, 1.807) is 13.8 Å². The Bertz CT molecular complexity index is 1460. The molecular formula is C26H33F3N8O3S. The quantitative estimate of drug-likeness (QED) is 0.295. The first-order chi connectivity index (χ1) is 19.3. The molecule has 15 heteroatoms. The molecule has 0 spiro atoms. The molecule has 0 radical (unpaired) electrons. The van der Waals surface area contributed by atoms with E-state index in [0.717, 1.165) is 25.9 Å². The minimum atomic E-state index is -4.71. The van der Waals surface area contributed by atoms with Gasteiger partial charge in [0.05, 0.1) is 28.9 Å². The van der Waals surface area contributed by atoms with Crippen molar-refractivity contribution in [3.05, 3.63) is 48.4 Å². The number of aliphatic hydroxyl groups is 1. The van der Waals surface area contributed by atoms with Crippen LogP contribution in [0.4, 0.5) is 24.8 Å². The number of rotatable bonds is 9. The number of benzene rings is 1. The first-order valence-electron chi connectivity index (χ1n) is 13.3. The van der Waals surface area contributed by atoms with Crippen LogP contribution in [0.3, 0.4) is 0 Å². The van der Waals surface area contributed by atoms with Gasteiger partial charge in [0.1, 0.15) is 5.56 Å². The maximum atomic E-state index is 13.7. The molecule has 4 N–H and O–H groups in total. The normalized spacial score (nSPS) is 17.9. The third-order valence-corrected chi connectivity index (χ3v) is 8.92. The Morgan fingerprint density at radius 1 is 1.07 bits per heavy atom. The minimum Gasteiger partial charge on any atom is -0.389 e. The number of nitrogens with one attached hydrogen (secondary N) is 3. The molecule has 2 saturated heterocycles. The summed E-state index contributed by atoms with van der Waals surface area (Å²) in [6, 6.07) is 6.69. The molecule has 5 rings (SSSR count). The van der Waals surface area contributed by atoms with E-state index in [-0.39, 0.29) is 28.6 Å². The lowest BCUT2D eigenvalue weighted by atomic mass is 10.0. The van der Waals surface area contributed by atoms with Gasteiger partial charge in [-0.15, -0.1) is 0 Å². The number of nitrogens with zero attached hydrogens (tertiary/aromatic N) is 5. The van der Waals surface area contributed by atoms with Crippen molar-refractivity contribution in [3.63, 3.8) is 0 Å². The molecule has 2 aliphatic heterocycles. The summed E-state index contributed by atoms with van der Waals surface area (Å²) >= 11 is 0. The van der Waals surface area contributed by atoms with Crippen LogP contribution < -0.4 is 16.0 Å². The molecule has 0 saturated carbocycles. The number of aromatic nitrogens is 4. The van der Waals surface area contributed by atoms with Gasteiger partial charge in [0, 0.05) is 61.9 Å². The van der Waals surface area contributed by atoms with Crippen LogP contribution in [0.5, 0.6) is 0 Å². The van der Waals surface area contributed by atoms with Crippen molar-refractivity contribution < 1.29 is 26.7 Å². The van der Waals surface area contributed by atoms with Crippen LogP contribution in [0.1, 0.15) is 32.3 Å². The highest BCUT2D eigenvalue weighted by Crippen LogP contribution is 2.36. The van der Waals surface area contributed by atoms with Gasteiger partial charge >= 0.3 is 6.18 Å². The van der Waals surface area contributed by atoms with Gasteiger partial charge in [0.25, 0.3) is 0 Å². The first kappa shape index (κ1) is 29.4. The van der Waals surface area contributed by atoms with Crippen LogP contribution in [0.15, 0.2) is 47.8 Å². The van der Waals surface area contributed by atoms with E-state index in [2.05, 4.69) is 31.0 Å². The number of alkyl halides is 3. The van der Waals surface area contributed by atoms with Gasteiger partial charge in [0.15, 0.2) is 0 Å². The molecule has 0 bridgehead atoms. The molecule has 4 heterocycles. The maximum absolute atomic E-state index is 13.7. The molecule has 0 unspecified atom stereocenters. The zero-order chi connectivity index (χ0) is 29.4. The van der Waals surface area contributed by atoms with Crippen LogP contribution in [0.25, 0.3) is 11.3 Å². The van der Waals surface area contributed by atoms with Crippen molar-refractivity contribution in [1.29, 1.82) is 0 Å². The summed E-state index contributed by atoms with van der Waals surface area (Å²) in [5, 5.41) is 23.7. The molecule has 0 amide bonds. The average molecular weight is 595 g/mol. The Morgan fingerprint density at radius 2 is 1.76 bits per heavy atom. The predicted molar refractivity (Wildman–Crippen MR) is 146 cm³/mol. The number of anilines is 2. The maximum Gasteiger partial charge on any atom is 0.419 e. The van der Waals surface area contributed by atoms with E-state index >= 15 is 0 Å². The van der Waals surface area contributed by atoms with Gasteiger partial charge in [0.2, 0.25) is 16.0 Å². The van der Waals surface area contributed by atoms with Crippen molar-refractivity contribution in [3.8, 4) is 11.3 Å². The first-order valence-corrected chi connectivity index (χ1v) is 14.8. The van der Waals surface area contributed by atoms with E-state index in [4.69, 9.17) is 0 Å². The third-order valence-electron chi connectivity index (χ3n) is 7.00. The fraction of sp³-hybridized carbons (Fsp3) is 0.500. The molecule has 0 aliphatic carbocycles. The van der Waals surface area contributed by atoms with Crippen molar-refractivity contribution in [1.82, 2.24) is 34.7 Å². The molecule has 222 valence electrons. The monoisotopic (exact) mass is 594 g/mol. The van der Waals surface area contributed by atoms with Gasteiger partial charge in [-0.25, -0.2) is 18.4 Å². The lowest BCUT2D eigenvalue weighted by molar-refractivity contribution is -0.137. The van der Waals surface area contributed by atoms with Crippen molar-refractivity contribution in [2.45, 2.75) is 62.0 Å². The summed E-state index contributed by atoms with van der Waals surface area (Å²) in [6.07, 6.45) is 0.0791. The fourth-order valence-electron chi connectivity index (χ4n) is 4.83. The highest BCUT2D eigenvalue weighted by atomic mass is 32.2. The molecule has 2 aliphatic rings. The second kappa shape index (κ2) is 11.3. The molecule has 41 heavy (non-hydrogen) atoms. The minimum absolute atomic E-state index is 0.0763. The summed E-state index contributed by atoms with van der Waals surface area (Å²) in [6.45, 7) is 5.92. The SMILES string of the molecule is CC(C)(O)Cn1cc(-c2nc(Nc3ccc(S(=O)(=O)N4CCC(NC5CNC5)CC4)cc3)ncc2C(F)(F)F)cn1. The number of hydrogen-bond donors (Lipinski definition) is 4.